The largest absolute Gasteiger partial charge is 0.476 e. The SMILES string of the molecule is O=C(O)c1nc(CNCC2CCC2)cs1. The van der Waals surface area contributed by atoms with Crippen LogP contribution in [0.3, 0.4) is 0 Å². The van der Waals surface area contributed by atoms with E-state index in [1.807, 2.05) is 0 Å². The highest BCUT2D eigenvalue weighted by Crippen LogP contribution is 2.25. The van der Waals surface area contributed by atoms with E-state index in [9.17, 15) is 4.79 Å². The smallest absolute Gasteiger partial charge is 0.365 e. The van der Waals surface area contributed by atoms with E-state index in [0.29, 0.717) is 6.54 Å². The molecule has 15 heavy (non-hydrogen) atoms. The molecule has 0 radical (unpaired) electrons. The summed E-state index contributed by atoms with van der Waals surface area (Å²) < 4.78 is 0. The van der Waals surface area contributed by atoms with Gasteiger partial charge in [-0.3, -0.25) is 0 Å². The van der Waals surface area contributed by atoms with Crippen LogP contribution >= 0.6 is 11.3 Å². The van der Waals surface area contributed by atoms with Crippen molar-refractivity contribution in [1.82, 2.24) is 10.3 Å². The molecule has 2 rings (SSSR count). The molecule has 0 bridgehead atoms. The number of carboxylic acid groups (broad SMARTS) is 1. The van der Waals surface area contributed by atoms with Gasteiger partial charge in [0.15, 0.2) is 0 Å². The van der Waals surface area contributed by atoms with Crippen LogP contribution in [0.25, 0.3) is 0 Å². The van der Waals surface area contributed by atoms with Crippen molar-refractivity contribution < 1.29 is 9.90 Å². The number of rotatable bonds is 5. The first-order valence-corrected chi connectivity index (χ1v) is 6.02. The maximum absolute atomic E-state index is 10.6. The molecule has 1 aliphatic rings. The molecule has 1 saturated carbocycles. The normalized spacial score (nSPS) is 16.3. The minimum Gasteiger partial charge on any atom is -0.476 e. The predicted molar refractivity (Wildman–Crippen MR) is 58.1 cm³/mol. The van der Waals surface area contributed by atoms with E-state index < -0.39 is 5.97 Å². The van der Waals surface area contributed by atoms with Crippen molar-refractivity contribution in [3.63, 3.8) is 0 Å². The molecule has 0 aromatic carbocycles. The molecule has 5 heteroatoms. The molecule has 0 aliphatic heterocycles. The fourth-order valence-electron chi connectivity index (χ4n) is 1.59. The summed E-state index contributed by atoms with van der Waals surface area (Å²) in [7, 11) is 0. The van der Waals surface area contributed by atoms with Gasteiger partial charge in [0.1, 0.15) is 0 Å². The third-order valence-electron chi connectivity index (χ3n) is 2.70. The van der Waals surface area contributed by atoms with Crippen LogP contribution in [0.15, 0.2) is 5.38 Å². The number of aromatic nitrogens is 1. The predicted octanol–water partition coefficient (Wildman–Crippen LogP) is 1.73. The van der Waals surface area contributed by atoms with Gasteiger partial charge in [-0.25, -0.2) is 9.78 Å². The zero-order chi connectivity index (χ0) is 10.7. The maximum atomic E-state index is 10.6. The Morgan fingerprint density at radius 2 is 2.47 bits per heavy atom. The highest BCUT2D eigenvalue weighted by molar-refractivity contribution is 7.11. The zero-order valence-corrected chi connectivity index (χ0v) is 9.22. The third kappa shape index (κ3) is 2.76. The Hall–Kier alpha value is -0.940. The minimum atomic E-state index is -0.940. The molecule has 0 amide bonds. The Morgan fingerprint density at radius 1 is 1.67 bits per heavy atom. The highest BCUT2D eigenvalue weighted by Gasteiger charge is 2.16. The van der Waals surface area contributed by atoms with E-state index in [4.69, 9.17) is 5.11 Å². The van der Waals surface area contributed by atoms with Crippen molar-refractivity contribution in [3.8, 4) is 0 Å². The summed E-state index contributed by atoms with van der Waals surface area (Å²) in [5.41, 5.74) is 0.830. The molecule has 0 unspecified atom stereocenters. The first-order valence-electron chi connectivity index (χ1n) is 5.14. The van der Waals surface area contributed by atoms with Gasteiger partial charge in [-0.15, -0.1) is 11.3 Å². The first kappa shape index (κ1) is 10.6. The lowest BCUT2D eigenvalue weighted by Gasteiger charge is -2.25. The van der Waals surface area contributed by atoms with Crippen molar-refractivity contribution in [2.45, 2.75) is 25.8 Å². The van der Waals surface area contributed by atoms with Crippen molar-refractivity contribution in [2.24, 2.45) is 5.92 Å². The van der Waals surface area contributed by atoms with Crippen LogP contribution in [0.5, 0.6) is 0 Å². The van der Waals surface area contributed by atoms with Crippen LogP contribution in [0, 0.1) is 5.92 Å². The third-order valence-corrected chi connectivity index (χ3v) is 3.58. The van der Waals surface area contributed by atoms with Crippen LogP contribution in [0.4, 0.5) is 0 Å². The lowest BCUT2D eigenvalue weighted by molar-refractivity contribution is 0.0696. The summed E-state index contributed by atoms with van der Waals surface area (Å²) in [5, 5.41) is 14.0. The molecule has 0 spiro atoms. The molecule has 0 atom stereocenters. The fourth-order valence-corrected chi connectivity index (χ4v) is 2.24. The summed E-state index contributed by atoms with van der Waals surface area (Å²) in [6.45, 7) is 1.71. The average Bonchev–Trinajstić information content (AvgIpc) is 2.57. The standard InChI is InChI=1S/C10H14N2O2S/c13-10(14)9-12-8(6-15-9)5-11-4-7-2-1-3-7/h6-7,11H,1-5H2,(H,13,14). The fraction of sp³-hybridized carbons (Fsp3) is 0.600. The van der Waals surface area contributed by atoms with Crippen molar-refractivity contribution in [3.05, 3.63) is 16.1 Å². The van der Waals surface area contributed by atoms with E-state index in [0.717, 1.165) is 18.2 Å². The van der Waals surface area contributed by atoms with Crippen molar-refractivity contribution in [2.75, 3.05) is 6.54 Å². The summed E-state index contributed by atoms with van der Waals surface area (Å²) in [4.78, 5) is 14.6. The zero-order valence-electron chi connectivity index (χ0n) is 8.40. The molecular formula is C10H14N2O2S. The van der Waals surface area contributed by atoms with E-state index in [1.54, 1.807) is 5.38 Å². The van der Waals surface area contributed by atoms with Gasteiger partial charge >= 0.3 is 5.97 Å². The van der Waals surface area contributed by atoms with E-state index in [-0.39, 0.29) is 5.01 Å². The summed E-state index contributed by atoms with van der Waals surface area (Å²) in [6.07, 6.45) is 4.00. The second-order valence-electron chi connectivity index (χ2n) is 3.88. The van der Waals surface area contributed by atoms with Gasteiger partial charge in [-0.2, -0.15) is 0 Å². The molecule has 1 aromatic rings. The number of carbonyl (C=O) groups is 1. The molecule has 1 aromatic heterocycles. The van der Waals surface area contributed by atoms with Crippen molar-refractivity contribution in [1.29, 1.82) is 0 Å². The van der Waals surface area contributed by atoms with Gasteiger partial charge in [0.05, 0.1) is 5.69 Å². The Balaban J connectivity index is 1.75. The molecule has 2 N–H and O–H groups in total. The lowest BCUT2D eigenvalue weighted by Crippen LogP contribution is -2.27. The highest BCUT2D eigenvalue weighted by atomic mass is 32.1. The quantitative estimate of drug-likeness (QED) is 0.802. The monoisotopic (exact) mass is 226 g/mol. The van der Waals surface area contributed by atoms with Crippen LogP contribution in [-0.2, 0) is 6.54 Å². The Kier molecular flexibility index (Phi) is 3.33. The summed E-state index contributed by atoms with van der Waals surface area (Å²) >= 11 is 1.19. The van der Waals surface area contributed by atoms with Gasteiger partial charge in [-0.05, 0) is 25.3 Å². The van der Waals surface area contributed by atoms with Gasteiger partial charge in [0.25, 0.3) is 0 Å². The average molecular weight is 226 g/mol. The van der Waals surface area contributed by atoms with E-state index in [2.05, 4.69) is 10.3 Å². The Bertz CT molecular complexity index is 347. The number of nitrogens with zero attached hydrogens (tertiary/aromatic N) is 1. The number of thiazole rings is 1. The number of aromatic carboxylic acids is 1. The van der Waals surface area contributed by atoms with Gasteiger partial charge < -0.3 is 10.4 Å². The molecule has 1 fully saturated rings. The molecular weight excluding hydrogens is 212 g/mol. The molecule has 1 aliphatic carbocycles. The second kappa shape index (κ2) is 4.72. The first-order chi connectivity index (χ1) is 7.25. The number of hydrogen-bond donors (Lipinski definition) is 2. The van der Waals surface area contributed by atoms with E-state index in [1.165, 1.54) is 30.6 Å². The Morgan fingerprint density at radius 3 is 3.00 bits per heavy atom. The number of nitrogens with one attached hydrogen (secondary N) is 1. The topological polar surface area (TPSA) is 62.2 Å². The molecule has 4 nitrogen and oxygen atoms in total. The maximum Gasteiger partial charge on any atom is 0.365 e. The van der Waals surface area contributed by atoms with Gasteiger partial charge in [0.2, 0.25) is 5.01 Å². The molecule has 82 valence electrons. The number of hydrogen-bond acceptors (Lipinski definition) is 4. The minimum absolute atomic E-state index is 0.176. The van der Waals surface area contributed by atoms with Gasteiger partial charge in [-0.1, -0.05) is 6.42 Å². The van der Waals surface area contributed by atoms with E-state index >= 15 is 0 Å². The summed E-state index contributed by atoms with van der Waals surface area (Å²) in [6, 6.07) is 0. The summed E-state index contributed by atoms with van der Waals surface area (Å²) in [5.74, 6) is -0.118. The second-order valence-corrected chi connectivity index (χ2v) is 4.74. The lowest BCUT2D eigenvalue weighted by atomic mass is 9.85. The van der Waals surface area contributed by atoms with Crippen LogP contribution in [-0.4, -0.2) is 22.6 Å². The van der Waals surface area contributed by atoms with Crippen LogP contribution < -0.4 is 5.32 Å². The Labute approximate surface area is 92.3 Å². The molecule has 0 saturated heterocycles. The van der Waals surface area contributed by atoms with Gasteiger partial charge in [0, 0.05) is 11.9 Å². The van der Waals surface area contributed by atoms with Crippen LogP contribution in [0.2, 0.25) is 0 Å². The number of carboxylic acids is 1. The van der Waals surface area contributed by atoms with Crippen LogP contribution in [0.1, 0.15) is 34.8 Å². The molecule has 1 heterocycles. The van der Waals surface area contributed by atoms with Crippen molar-refractivity contribution >= 4 is 17.3 Å².